The second-order valence-electron chi connectivity index (χ2n) is 7.62. The fourth-order valence-electron chi connectivity index (χ4n) is 3.90. The molecule has 0 aliphatic heterocycles. The predicted molar refractivity (Wildman–Crippen MR) is 132 cm³/mol. The number of fused-ring (bicyclic) bond motifs is 1. The van der Waals surface area contributed by atoms with Gasteiger partial charge in [0, 0.05) is 16.1 Å². The lowest BCUT2D eigenvalue weighted by molar-refractivity contribution is 0.413. The van der Waals surface area contributed by atoms with Crippen molar-refractivity contribution in [2.24, 2.45) is 0 Å². The molecule has 0 spiro atoms. The van der Waals surface area contributed by atoms with Gasteiger partial charge in [-0.3, -0.25) is 9.78 Å². The summed E-state index contributed by atoms with van der Waals surface area (Å²) in [6.45, 7) is 3.81. The van der Waals surface area contributed by atoms with Gasteiger partial charge in [-0.1, -0.05) is 17.7 Å². The number of aromatic nitrogens is 4. The first-order valence-corrected chi connectivity index (χ1v) is 11.3. The van der Waals surface area contributed by atoms with E-state index in [1.165, 1.54) is 11.3 Å². The maximum atomic E-state index is 13.3. The van der Waals surface area contributed by atoms with Crippen LogP contribution in [0.5, 0.6) is 5.75 Å². The normalized spacial score (nSPS) is 11.3. The van der Waals surface area contributed by atoms with Crippen molar-refractivity contribution < 1.29 is 4.74 Å². The van der Waals surface area contributed by atoms with E-state index in [9.17, 15) is 9.59 Å². The van der Waals surface area contributed by atoms with Crippen LogP contribution in [0.25, 0.3) is 32.0 Å². The summed E-state index contributed by atoms with van der Waals surface area (Å²) in [5.41, 5.74) is 3.05. The van der Waals surface area contributed by atoms with E-state index in [0.29, 0.717) is 26.7 Å². The molecule has 0 bridgehead atoms. The summed E-state index contributed by atoms with van der Waals surface area (Å²) in [6.07, 6.45) is 3.66. The first kappa shape index (κ1) is 21.2. The molecular formula is C24H19ClN4O3S. The Labute approximate surface area is 197 Å². The number of nitrogens with one attached hydrogen (secondary N) is 1. The van der Waals surface area contributed by atoms with Gasteiger partial charge in [0.15, 0.2) is 0 Å². The summed E-state index contributed by atoms with van der Waals surface area (Å²) >= 11 is 7.33. The van der Waals surface area contributed by atoms with E-state index >= 15 is 0 Å². The van der Waals surface area contributed by atoms with E-state index < -0.39 is 5.69 Å². The average molecular weight is 479 g/mol. The fourth-order valence-corrected chi connectivity index (χ4v) is 5.21. The number of methoxy groups -OCH3 is 1. The minimum Gasteiger partial charge on any atom is -0.495 e. The van der Waals surface area contributed by atoms with Gasteiger partial charge in [-0.15, -0.1) is 11.3 Å². The third-order valence-electron chi connectivity index (χ3n) is 5.50. The molecule has 0 saturated carbocycles. The van der Waals surface area contributed by atoms with Crippen LogP contribution in [0.4, 0.5) is 0 Å². The number of hydrogen-bond acceptors (Lipinski definition) is 5. The molecule has 0 amide bonds. The van der Waals surface area contributed by atoms with Crippen molar-refractivity contribution >= 4 is 33.2 Å². The lowest BCUT2D eigenvalue weighted by Crippen LogP contribution is -2.33. The third-order valence-corrected chi connectivity index (χ3v) is 7.01. The van der Waals surface area contributed by atoms with Crippen molar-refractivity contribution in [1.29, 1.82) is 0 Å². The zero-order valence-electron chi connectivity index (χ0n) is 18.0. The Morgan fingerprint density at radius 3 is 2.52 bits per heavy atom. The highest BCUT2D eigenvalue weighted by Gasteiger charge is 2.19. The minimum atomic E-state index is -0.494. The molecule has 5 aromatic rings. The van der Waals surface area contributed by atoms with Crippen LogP contribution >= 0.6 is 22.9 Å². The van der Waals surface area contributed by atoms with Gasteiger partial charge in [0.1, 0.15) is 10.6 Å². The highest BCUT2D eigenvalue weighted by atomic mass is 35.5. The zero-order chi connectivity index (χ0) is 23.3. The molecule has 0 aliphatic carbocycles. The number of aromatic amines is 1. The standard InChI is InChI=1S/C24H19ClN4O3S/c1-13-11-28(12-26-13)18-9-4-15(10-19(18)32-3)21-14(2)20-22(33-21)27-24(31)29(23(20)30)17-7-5-16(25)6-8-17/h4-12H,1-3H3,(H,27,31). The quantitative estimate of drug-likeness (QED) is 0.399. The molecule has 9 heteroatoms. The van der Waals surface area contributed by atoms with Gasteiger partial charge < -0.3 is 9.30 Å². The van der Waals surface area contributed by atoms with Crippen molar-refractivity contribution in [1.82, 2.24) is 19.1 Å². The van der Waals surface area contributed by atoms with Crippen LogP contribution in [0, 0.1) is 13.8 Å². The molecule has 33 heavy (non-hydrogen) atoms. The number of rotatable bonds is 4. The number of benzene rings is 2. The molecule has 0 fully saturated rings. The monoisotopic (exact) mass is 478 g/mol. The number of H-pyrrole nitrogens is 1. The number of imidazole rings is 1. The highest BCUT2D eigenvalue weighted by Crippen LogP contribution is 2.38. The summed E-state index contributed by atoms with van der Waals surface area (Å²) in [6, 6.07) is 12.4. The second kappa shape index (κ2) is 8.06. The molecule has 0 unspecified atom stereocenters. The number of thiophene rings is 1. The lowest BCUT2D eigenvalue weighted by atomic mass is 10.1. The maximum absolute atomic E-state index is 13.3. The molecule has 7 nitrogen and oxygen atoms in total. The van der Waals surface area contributed by atoms with E-state index in [2.05, 4.69) is 9.97 Å². The Balaban J connectivity index is 1.68. The van der Waals surface area contributed by atoms with Crippen LogP contribution in [0.1, 0.15) is 11.3 Å². The molecule has 1 N–H and O–H groups in total. The predicted octanol–water partition coefficient (Wildman–Crippen LogP) is 4.87. The van der Waals surface area contributed by atoms with Crippen molar-refractivity contribution in [3.8, 4) is 27.6 Å². The van der Waals surface area contributed by atoms with E-state index in [4.69, 9.17) is 16.3 Å². The van der Waals surface area contributed by atoms with Crippen molar-refractivity contribution in [3.63, 3.8) is 0 Å². The SMILES string of the molecule is COc1cc(-c2sc3[nH]c(=O)n(-c4ccc(Cl)cc4)c(=O)c3c2C)ccc1-n1cnc(C)c1. The highest BCUT2D eigenvalue weighted by molar-refractivity contribution is 7.22. The fraction of sp³-hybridized carbons (Fsp3) is 0.125. The molecule has 0 saturated heterocycles. The average Bonchev–Trinajstić information content (AvgIpc) is 3.37. The van der Waals surface area contributed by atoms with Gasteiger partial charge in [0.05, 0.1) is 35.9 Å². The first-order chi connectivity index (χ1) is 15.9. The summed E-state index contributed by atoms with van der Waals surface area (Å²) in [5.74, 6) is 0.675. The number of nitrogens with zero attached hydrogens (tertiary/aromatic N) is 3. The molecular weight excluding hydrogens is 460 g/mol. The van der Waals surface area contributed by atoms with Gasteiger partial charge in [-0.2, -0.15) is 0 Å². The molecule has 5 rings (SSSR count). The van der Waals surface area contributed by atoms with E-state index in [1.54, 1.807) is 37.7 Å². The van der Waals surface area contributed by atoms with Gasteiger partial charge >= 0.3 is 5.69 Å². The summed E-state index contributed by atoms with van der Waals surface area (Å²) in [7, 11) is 1.62. The van der Waals surface area contributed by atoms with Gasteiger partial charge in [0.25, 0.3) is 5.56 Å². The Morgan fingerprint density at radius 2 is 1.85 bits per heavy atom. The smallest absolute Gasteiger partial charge is 0.334 e. The molecule has 2 aromatic carbocycles. The van der Waals surface area contributed by atoms with Crippen LogP contribution in [0.3, 0.4) is 0 Å². The van der Waals surface area contributed by atoms with E-state index in [-0.39, 0.29) is 5.56 Å². The lowest BCUT2D eigenvalue weighted by Gasteiger charge is -2.11. The van der Waals surface area contributed by atoms with E-state index in [1.807, 2.05) is 42.8 Å². The van der Waals surface area contributed by atoms with Gasteiger partial charge in [-0.05, 0) is 61.4 Å². The minimum absolute atomic E-state index is 0.367. The van der Waals surface area contributed by atoms with Gasteiger partial charge in [-0.25, -0.2) is 14.3 Å². The molecule has 0 radical (unpaired) electrons. The largest absolute Gasteiger partial charge is 0.495 e. The van der Waals surface area contributed by atoms with Crippen molar-refractivity contribution in [3.05, 3.63) is 92.1 Å². The Morgan fingerprint density at radius 1 is 1.09 bits per heavy atom. The molecule has 3 heterocycles. The van der Waals surface area contributed by atoms with Crippen LogP contribution < -0.4 is 16.0 Å². The molecule has 0 aliphatic rings. The van der Waals surface area contributed by atoms with Crippen LogP contribution in [0.15, 0.2) is 64.6 Å². The summed E-state index contributed by atoms with van der Waals surface area (Å²) in [4.78, 5) is 34.7. The first-order valence-electron chi connectivity index (χ1n) is 10.1. The van der Waals surface area contributed by atoms with Crippen molar-refractivity contribution in [2.75, 3.05) is 7.11 Å². The van der Waals surface area contributed by atoms with Crippen LogP contribution in [-0.4, -0.2) is 26.2 Å². The zero-order valence-corrected chi connectivity index (χ0v) is 19.6. The molecule has 3 aromatic heterocycles. The molecule has 166 valence electrons. The number of aryl methyl sites for hydroxylation is 2. The Bertz CT molecular complexity index is 1630. The summed E-state index contributed by atoms with van der Waals surface area (Å²) < 4.78 is 8.67. The van der Waals surface area contributed by atoms with Gasteiger partial charge in [0.2, 0.25) is 0 Å². The number of halogens is 1. The second-order valence-corrected chi connectivity index (χ2v) is 9.07. The van der Waals surface area contributed by atoms with Crippen molar-refractivity contribution in [2.45, 2.75) is 13.8 Å². The maximum Gasteiger partial charge on any atom is 0.334 e. The Kier molecular flexibility index (Phi) is 5.19. The van der Waals surface area contributed by atoms with Crippen LogP contribution in [0.2, 0.25) is 5.02 Å². The summed E-state index contributed by atoms with van der Waals surface area (Å²) in [5, 5.41) is 1.01. The number of hydrogen-bond donors (Lipinski definition) is 1. The van der Waals surface area contributed by atoms with E-state index in [0.717, 1.165) is 32.0 Å². The van der Waals surface area contributed by atoms with Crippen LogP contribution in [-0.2, 0) is 0 Å². The molecule has 0 atom stereocenters. The number of ether oxygens (including phenoxy) is 1. The topological polar surface area (TPSA) is 81.9 Å². The third kappa shape index (κ3) is 3.57. The Hall–Kier alpha value is -3.62.